The van der Waals surface area contributed by atoms with Gasteiger partial charge in [-0.15, -0.1) is 0 Å². The average Bonchev–Trinajstić information content (AvgIpc) is 2.56. The van der Waals surface area contributed by atoms with Gasteiger partial charge in [-0.1, -0.05) is 0 Å². The third kappa shape index (κ3) is 2.91. The molecular formula is C12H18BN3O4. The molecule has 0 atom stereocenters. The minimum absolute atomic E-state index is 0.0684. The van der Waals surface area contributed by atoms with Gasteiger partial charge in [0.1, 0.15) is 5.82 Å². The maximum Gasteiger partial charge on any atom is 0.498 e. The first kappa shape index (κ1) is 14.7. The molecule has 0 aliphatic carbocycles. The molecule has 2 rings (SSSR count). The van der Waals surface area contributed by atoms with E-state index in [0.29, 0.717) is 11.3 Å². The molecule has 1 amide bonds. The minimum atomic E-state index is -1.11. The number of amides is 1. The normalized spacial score (nSPS) is 19.9. The van der Waals surface area contributed by atoms with Crippen molar-refractivity contribution in [1.29, 1.82) is 0 Å². The lowest BCUT2D eigenvalue weighted by Crippen LogP contribution is -2.41. The predicted octanol–water partition coefficient (Wildman–Crippen LogP) is 0.543. The van der Waals surface area contributed by atoms with Gasteiger partial charge in [0.15, 0.2) is 0 Å². The number of hydrogen-bond acceptors (Lipinski definition) is 5. The molecule has 7 nitrogen and oxygen atoms in total. The molecule has 1 aliphatic rings. The van der Waals surface area contributed by atoms with Crippen LogP contribution in [0.3, 0.4) is 0 Å². The number of aromatic nitrogens is 2. The van der Waals surface area contributed by atoms with E-state index in [1.165, 1.54) is 0 Å². The number of hydrogen-bond donors (Lipinski definition) is 2. The summed E-state index contributed by atoms with van der Waals surface area (Å²) in [7, 11) is -0.513. The first-order valence-electron chi connectivity index (χ1n) is 6.34. The van der Waals surface area contributed by atoms with Gasteiger partial charge in [-0.25, -0.2) is 14.8 Å². The van der Waals surface area contributed by atoms with Crippen LogP contribution in [0.4, 0.5) is 4.79 Å². The van der Waals surface area contributed by atoms with Crippen molar-refractivity contribution in [2.45, 2.75) is 45.4 Å². The third-order valence-corrected chi connectivity index (χ3v) is 3.65. The summed E-state index contributed by atoms with van der Waals surface area (Å²) in [4.78, 5) is 18.6. The lowest BCUT2D eigenvalue weighted by molar-refractivity contribution is 0.00578. The standard InChI is InChI=1S/C12H18BN3O4/c1-11(2)12(3,4)20-13(19-11)8-5-14-9(15-6-8)7-16-10(17)18/h5-6,16H,7H2,1-4H3,(H,17,18). The Morgan fingerprint density at radius 3 is 2.20 bits per heavy atom. The van der Waals surface area contributed by atoms with Crippen LogP contribution in [0.15, 0.2) is 12.4 Å². The van der Waals surface area contributed by atoms with E-state index in [2.05, 4.69) is 15.3 Å². The van der Waals surface area contributed by atoms with Gasteiger partial charge in [0.05, 0.1) is 17.7 Å². The SMILES string of the molecule is CC1(C)OB(c2cnc(CNC(=O)O)nc2)OC1(C)C. The molecule has 108 valence electrons. The maximum absolute atomic E-state index is 10.4. The number of nitrogens with zero attached hydrogens (tertiary/aromatic N) is 2. The largest absolute Gasteiger partial charge is 0.498 e. The third-order valence-electron chi connectivity index (χ3n) is 3.65. The van der Waals surface area contributed by atoms with Crippen molar-refractivity contribution in [3.05, 3.63) is 18.2 Å². The van der Waals surface area contributed by atoms with E-state index in [9.17, 15) is 4.79 Å². The summed E-state index contributed by atoms with van der Waals surface area (Å²) in [6.07, 6.45) is 2.07. The topological polar surface area (TPSA) is 93.6 Å². The zero-order chi connectivity index (χ0) is 15.0. The van der Waals surface area contributed by atoms with Crippen molar-refractivity contribution >= 4 is 18.7 Å². The van der Waals surface area contributed by atoms with Crippen LogP contribution in [-0.2, 0) is 15.9 Å². The molecule has 0 radical (unpaired) electrons. The van der Waals surface area contributed by atoms with Crippen LogP contribution in [-0.4, -0.2) is 39.5 Å². The van der Waals surface area contributed by atoms with Crippen LogP contribution in [0.5, 0.6) is 0 Å². The van der Waals surface area contributed by atoms with Crippen molar-refractivity contribution in [2.75, 3.05) is 0 Å². The molecule has 1 saturated heterocycles. The van der Waals surface area contributed by atoms with Crippen molar-refractivity contribution in [2.24, 2.45) is 0 Å². The Hall–Kier alpha value is -1.67. The van der Waals surface area contributed by atoms with E-state index in [1.54, 1.807) is 12.4 Å². The Kier molecular flexibility index (Phi) is 3.70. The van der Waals surface area contributed by atoms with Crippen molar-refractivity contribution in [3.8, 4) is 0 Å². The summed E-state index contributed by atoms with van der Waals surface area (Å²) in [5.74, 6) is 0.396. The molecule has 1 aliphatic heterocycles. The Morgan fingerprint density at radius 2 is 1.75 bits per heavy atom. The van der Waals surface area contributed by atoms with Gasteiger partial charge < -0.3 is 19.7 Å². The van der Waals surface area contributed by atoms with E-state index in [1.807, 2.05) is 27.7 Å². The molecule has 2 heterocycles. The quantitative estimate of drug-likeness (QED) is 0.784. The molecule has 0 saturated carbocycles. The second-order valence-corrected chi connectivity index (χ2v) is 5.68. The smallest absolute Gasteiger partial charge is 0.465 e. The molecular weight excluding hydrogens is 261 g/mol. The van der Waals surface area contributed by atoms with Gasteiger partial charge in [-0.2, -0.15) is 0 Å². The first-order valence-corrected chi connectivity index (χ1v) is 6.34. The monoisotopic (exact) mass is 279 g/mol. The Bertz CT molecular complexity index is 488. The van der Waals surface area contributed by atoms with Gasteiger partial charge >= 0.3 is 13.2 Å². The van der Waals surface area contributed by atoms with Crippen molar-refractivity contribution in [1.82, 2.24) is 15.3 Å². The maximum atomic E-state index is 10.4. The van der Waals surface area contributed by atoms with Crippen LogP contribution in [0.1, 0.15) is 33.5 Å². The molecule has 0 bridgehead atoms. The van der Waals surface area contributed by atoms with E-state index >= 15 is 0 Å². The zero-order valence-corrected chi connectivity index (χ0v) is 12.0. The number of carbonyl (C=O) groups is 1. The summed E-state index contributed by atoms with van der Waals surface area (Å²) in [6, 6.07) is 0. The highest BCUT2D eigenvalue weighted by Crippen LogP contribution is 2.36. The highest BCUT2D eigenvalue weighted by molar-refractivity contribution is 6.61. The summed E-state index contributed by atoms with van der Waals surface area (Å²) in [5.41, 5.74) is -0.120. The molecule has 0 spiro atoms. The highest BCUT2D eigenvalue weighted by Gasteiger charge is 2.51. The summed E-state index contributed by atoms with van der Waals surface area (Å²) >= 11 is 0. The first-order chi connectivity index (χ1) is 9.21. The van der Waals surface area contributed by atoms with Gasteiger partial charge in [-0.3, -0.25) is 0 Å². The van der Waals surface area contributed by atoms with E-state index in [0.717, 1.165) is 0 Å². The minimum Gasteiger partial charge on any atom is -0.465 e. The Balaban J connectivity index is 2.06. The van der Waals surface area contributed by atoms with Crippen LogP contribution in [0.2, 0.25) is 0 Å². The highest BCUT2D eigenvalue weighted by atomic mass is 16.7. The predicted molar refractivity (Wildman–Crippen MR) is 72.6 cm³/mol. The fraction of sp³-hybridized carbons (Fsp3) is 0.583. The average molecular weight is 279 g/mol. The number of rotatable bonds is 3. The Labute approximate surface area is 117 Å². The number of carboxylic acid groups (broad SMARTS) is 1. The molecule has 2 N–H and O–H groups in total. The van der Waals surface area contributed by atoms with E-state index < -0.39 is 24.4 Å². The molecule has 0 unspecified atom stereocenters. The van der Waals surface area contributed by atoms with Gasteiger partial charge in [-0.05, 0) is 27.7 Å². The second kappa shape index (κ2) is 5.03. The lowest BCUT2D eigenvalue weighted by atomic mass is 9.81. The second-order valence-electron chi connectivity index (χ2n) is 5.68. The van der Waals surface area contributed by atoms with E-state index in [4.69, 9.17) is 14.4 Å². The fourth-order valence-electron chi connectivity index (χ4n) is 1.71. The zero-order valence-electron chi connectivity index (χ0n) is 12.0. The van der Waals surface area contributed by atoms with Crippen molar-refractivity contribution in [3.63, 3.8) is 0 Å². The van der Waals surface area contributed by atoms with E-state index in [-0.39, 0.29) is 6.54 Å². The van der Waals surface area contributed by atoms with Crippen LogP contribution < -0.4 is 10.8 Å². The molecule has 1 fully saturated rings. The molecule has 1 aromatic heterocycles. The molecule has 1 aromatic rings. The molecule has 0 aromatic carbocycles. The van der Waals surface area contributed by atoms with Crippen molar-refractivity contribution < 1.29 is 19.2 Å². The molecule has 8 heteroatoms. The van der Waals surface area contributed by atoms with Crippen LogP contribution in [0.25, 0.3) is 0 Å². The molecule has 20 heavy (non-hydrogen) atoms. The number of nitrogens with one attached hydrogen (secondary N) is 1. The van der Waals surface area contributed by atoms with Crippen LogP contribution >= 0.6 is 0 Å². The fourth-order valence-corrected chi connectivity index (χ4v) is 1.71. The van der Waals surface area contributed by atoms with Gasteiger partial charge in [0.2, 0.25) is 0 Å². The van der Waals surface area contributed by atoms with Gasteiger partial charge in [0, 0.05) is 17.9 Å². The van der Waals surface area contributed by atoms with Gasteiger partial charge in [0.25, 0.3) is 0 Å². The Morgan fingerprint density at radius 1 is 1.25 bits per heavy atom. The lowest BCUT2D eigenvalue weighted by Gasteiger charge is -2.32. The summed E-state index contributed by atoms with van der Waals surface area (Å²) < 4.78 is 11.8. The van der Waals surface area contributed by atoms with Crippen LogP contribution in [0, 0.1) is 0 Å². The summed E-state index contributed by atoms with van der Waals surface area (Å²) in [6.45, 7) is 7.95. The summed E-state index contributed by atoms with van der Waals surface area (Å²) in [5, 5.41) is 10.7.